The molecule has 0 aliphatic carbocycles. The number of nitrogens with two attached hydrogens (primary N) is 1. The predicted molar refractivity (Wildman–Crippen MR) is 86.3 cm³/mol. The summed E-state index contributed by atoms with van der Waals surface area (Å²) in [6.07, 6.45) is 3.33. The average Bonchev–Trinajstić information content (AvgIpc) is 2.54. The average molecular weight is 293 g/mol. The summed E-state index contributed by atoms with van der Waals surface area (Å²) < 4.78 is 0. The number of H-pyrrole nitrogens is 1. The molecule has 110 valence electrons. The van der Waals surface area contributed by atoms with E-state index in [1.807, 2.05) is 24.3 Å². The lowest BCUT2D eigenvalue weighted by Crippen LogP contribution is -2.13. The van der Waals surface area contributed by atoms with E-state index in [4.69, 9.17) is 5.73 Å². The van der Waals surface area contributed by atoms with Gasteiger partial charge in [0.2, 0.25) is 5.95 Å². The zero-order chi connectivity index (χ0) is 15.4. The predicted octanol–water partition coefficient (Wildman–Crippen LogP) is 2.03. The first-order valence-corrected chi connectivity index (χ1v) is 6.81. The van der Waals surface area contributed by atoms with Crippen molar-refractivity contribution in [1.82, 2.24) is 15.0 Å². The van der Waals surface area contributed by atoms with Crippen LogP contribution in [-0.4, -0.2) is 15.0 Å². The fourth-order valence-corrected chi connectivity index (χ4v) is 2.09. The number of para-hydroxylation sites is 1. The molecule has 3 rings (SSSR count). The van der Waals surface area contributed by atoms with Crippen LogP contribution < -0.4 is 16.6 Å². The molecule has 4 N–H and O–H groups in total. The van der Waals surface area contributed by atoms with Gasteiger partial charge in [0.05, 0.1) is 5.69 Å². The Kier molecular flexibility index (Phi) is 3.82. The second-order valence-electron chi connectivity index (χ2n) is 4.77. The molecular weight excluding hydrogens is 278 g/mol. The maximum Gasteiger partial charge on any atom is 0.252 e. The molecule has 3 aromatic rings. The van der Waals surface area contributed by atoms with Gasteiger partial charge in [-0.1, -0.05) is 18.2 Å². The van der Waals surface area contributed by atoms with E-state index in [9.17, 15) is 4.79 Å². The molecule has 0 bridgehead atoms. The van der Waals surface area contributed by atoms with Crippen LogP contribution in [-0.2, 0) is 6.54 Å². The van der Waals surface area contributed by atoms with Crippen LogP contribution in [0.15, 0.2) is 59.7 Å². The van der Waals surface area contributed by atoms with E-state index in [1.165, 1.54) is 6.07 Å². The van der Waals surface area contributed by atoms with Gasteiger partial charge in [-0.25, -0.2) is 4.98 Å². The summed E-state index contributed by atoms with van der Waals surface area (Å²) in [5.74, 6) is 0.405. The maximum absolute atomic E-state index is 11.8. The van der Waals surface area contributed by atoms with E-state index < -0.39 is 0 Å². The molecule has 0 atom stereocenters. The summed E-state index contributed by atoms with van der Waals surface area (Å²) in [7, 11) is 0. The van der Waals surface area contributed by atoms with Crippen molar-refractivity contribution in [2.75, 3.05) is 11.1 Å². The van der Waals surface area contributed by atoms with Crippen molar-refractivity contribution in [2.24, 2.45) is 0 Å². The lowest BCUT2D eigenvalue weighted by molar-refractivity contribution is 1.04. The largest absolute Gasteiger partial charge is 0.398 e. The van der Waals surface area contributed by atoms with Crippen molar-refractivity contribution in [1.29, 1.82) is 0 Å². The molecular formula is C16H15N5O. The van der Waals surface area contributed by atoms with Crippen molar-refractivity contribution >= 4 is 11.6 Å². The minimum atomic E-state index is -0.217. The van der Waals surface area contributed by atoms with E-state index in [-0.39, 0.29) is 5.56 Å². The molecule has 0 unspecified atom stereocenters. The van der Waals surface area contributed by atoms with Crippen LogP contribution in [0.5, 0.6) is 0 Å². The zero-order valence-electron chi connectivity index (χ0n) is 11.8. The second-order valence-corrected chi connectivity index (χ2v) is 4.77. The number of rotatable bonds is 4. The Bertz CT molecular complexity index is 829. The quantitative estimate of drug-likeness (QED) is 0.639. The number of aromatic nitrogens is 3. The van der Waals surface area contributed by atoms with Gasteiger partial charge in [-0.2, -0.15) is 0 Å². The molecule has 2 heterocycles. The van der Waals surface area contributed by atoms with Crippen molar-refractivity contribution in [2.45, 2.75) is 6.54 Å². The van der Waals surface area contributed by atoms with Crippen LogP contribution >= 0.6 is 0 Å². The molecule has 6 heteroatoms. The first-order valence-electron chi connectivity index (χ1n) is 6.81. The first kappa shape index (κ1) is 13.8. The van der Waals surface area contributed by atoms with Crippen molar-refractivity contribution in [3.8, 4) is 11.3 Å². The Hall–Kier alpha value is -3.15. The first-order chi connectivity index (χ1) is 10.7. The second kappa shape index (κ2) is 6.09. The van der Waals surface area contributed by atoms with Crippen LogP contribution in [0.3, 0.4) is 0 Å². The maximum atomic E-state index is 11.8. The Morgan fingerprint density at radius 3 is 2.68 bits per heavy atom. The Morgan fingerprint density at radius 2 is 1.91 bits per heavy atom. The monoisotopic (exact) mass is 293 g/mol. The topological polar surface area (TPSA) is 96.7 Å². The fourth-order valence-electron chi connectivity index (χ4n) is 2.09. The van der Waals surface area contributed by atoms with Gasteiger partial charge in [0.1, 0.15) is 0 Å². The van der Waals surface area contributed by atoms with Crippen molar-refractivity contribution < 1.29 is 0 Å². The Labute approximate surface area is 127 Å². The number of hydrogen-bond donors (Lipinski definition) is 3. The molecule has 0 radical (unpaired) electrons. The number of aromatic amines is 1. The van der Waals surface area contributed by atoms with E-state index in [0.717, 1.165) is 11.1 Å². The summed E-state index contributed by atoms with van der Waals surface area (Å²) in [6.45, 7) is 0.482. The van der Waals surface area contributed by atoms with Gasteiger partial charge in [0.15, 0.2) is 0 Å². The number of nitrogens with one attached hydrogen (secondary N) is 2. The third-order valence-corrected chi connectivity index (χ3v) is 3.22. The summed E-state index contributed by atoms with van der Waals surface area (Å²) in [5.41, 5.74) is 8.75. The summed E-state index contributed by atoms with van der Waals surface area (Å²) in [4.78, 5) is 22.8. The van der Waals surface area contributed by atoms with E-state index >= 15 is 0 Å². The minimum absolute atomic E-state index is 0.217. The van der Waals surface area contributed by atoms with E-state index in [1.54, 1.807) is 24.5 Å². The number of pyridine rings is 1. The summed E-state index contributed by atoms with van der Waals surface area (Å²) >= 11 is 0. The normalized spacial score (nSPS) is 10.4. The molecule has 0 aliphatic heterocycles. The molecule has 0 aliphatic rings. The van der Waals surface area contributed by atoms with Gasteiger partial charge in [0, 0.05) is 36.3 Å². The molecule has 0 saturated carbocycles. The van der Waals surface area contributed by atoms with Gasteiger partial charge < -0.3 is 11.1 Å². The van der Waals surface area contributed by atoms with Crippen LogP contribution in [0.2, 0.25) is 0 Å². The highest BCUT2D eigenvalue weighted by atomic mass is 16.1. The lowest BCUT2D eigenvalue weighted by Gasteiger charge is -2.09. The Balaban J connectivity index is 1.84. The van der Waals surface area contributed by atoms with Gasteiger partial charge in [-0.05, 0) is 23.8 Å². The molecule has 0 saturated heterocycles. The third-order valence-electron chi connectivity index (χ3n) is 3.22. The standard InChI is InChI=1S/C16H15N5O/c17-13-4-2-1-3-12(13)10-19-16-20-14(9-15(22)21-16)11-5-7-18-8-6-11/h1-9H,10,17H2,(H2,19,20,21,22). The number of anilines is 2. The highest BCUT2D eigenvalue weighted by Crippen LogP contribution is 2.16. The highest BCUT2D eigenvalue weighted by Gasteiger charge is 2.04. The highest BCUT2D eigenvalue weighted by molar-refractivity contribution is 5.59. The Morgan fingerprint density at radius 1 is 1.14 bits per heavy atom. The fraction of sp³-hybridized carbons (Fsp3) is 0.0625. The van der Waals surface area contributed by atoms with Crippen molar-refractivity contribution in [3.63, 3.8) is 0 Å². The third kappa shape index (κ3) is 3.12. The smallest absolute Gasteiger partial charge is 0.252 e. The van der Waals surface area contributed by atoms with E-state index in [0.29, 0.717) is 23.9 Å². The molecule has 6 nitrogen and oxygen atoms in total. The van der Waals surface area contributed by atoms with Crippen LogP contribution in [0.1, 0.15) is 5.56 Å². The number of hydrogen-bond acceptors (Lipinski definition) is 5. The van der Waals surface area contributed by atoms with Crippen molar-refractivity contribution in [3.05, 3.63) is 70.8 Å². The minimum Gasteiger partial charge on any atom is -0.398 e. The zero-order valence-corrected chi connectivity index (χ0v) is 11.8. The number of nitrogens with zero attached hydrogens (tertiary/aromatic N) is 2. The van der Waals surface area contributed by atoms with Crippen LogP contribution in [0, 0.1) is 0 Å². The molecule has 2 aromatic heterocycles. The molecule has 0 amide bonds. The molecule has 1 aromatic carbocycles. The summed E-state index contributed by atoms with van der Waals surface area (Å²) in [5, 5.41) is 3.09. The van der Waals surface area contributed by atoms with Gasteiger partial charge in [-0.3, -0.25) is 14.8 Å². The molecule has 22 heavy (non-hydrogen) atoms. The number of nitrogen functional groups attached to an aromatic ring is 1. The molecule has 0 spiro atoms. The summed E-state index contributed by atoms with van der Waals surface area (Å²) in [6, 6.07) is 12.6. The van der Waals surface area contributed by atoms with Crippen LogP contribution in [0.4, 0.5) is 11.6 Å². The van der Waals surface area contributed by atoms with Crippen LogP contribution in [0.25, 0.3) is 11.3 Å². The van der Waals surface area contributed by atoms with Gasteiger partial charge in [-0.15, -0.1) is 0 Å². The molecule has 0 fully saturated rings. The SMILES string of the molecule is Nc1ccccc1CNc1nc(-c2ccncc2)cc(=O)[nH]1. The van der Waals surface area contributed by atoms with Gasteiger partial charge in [0.25, 0.3) is 5.56 Å². The number of benzene rings is 1. The van der Waals surface area contributed by atoms with Gasteiger partial charge >= 0.3 is 0 Å². The van der Waals surface area contributed by atoms with E-state index in [2.05, 4.69) is 20.3 Å². The lowest BCUT2D eigenvalue weighted by atomic mass is 10.2.